The summed E-state index contributed by atoms with van der Waals surface area (Å²) in [6.07, 6.45) is 1.29. The molecule has 1 aromatic rings. The van der Waals surface area contributed by atoms with Crippen molar-refractivity contribution in [2.45, 2.75) is 46.4 Å². The Morgan fingerprint density at radius 2 is 2.11 bits per heavy atom. The molecule has 2 fully saturated rings. The summed E-state index contributed by atoms with van der Waals surface area (Å²) in [4.78, 5) is 38.5. The van der Waals surface area contributed by atoms with Gasteiger partial charge in [0.05, 0.1) is 0 Å². The van der Waals surface area contributed by atoms with Crippen LogP contribution in [0.15, 0.2) is 6.33 Å². The third kappa shape index (κ3) is 4.25. The topological polar surface area (TPSA) is 119 Å². The molecule has 0 aromatic carbocycles. The highest BCUT2D eigenvalue weighted by molar-refractivity contribution is 8.01. The SMILES string of the molecule is CC1(C)SC2C(NC(=O)Cn3cnnn3)C(=O)N2C1C(=O)OCC(Cl)(Cl)Cl. The molecule has 3 atom stereocenters. The van der Waals surface area contributed by atoms with Gasteiger partial charge >= 0.3 is 5.97 Å². The van der Waals surface area contributed by atoms with Gasteiger partial charge in [0.15, 0.2) is 0 Å². The lowest BCUT2D eigenvalue weighted by atomic mass is 9.96. The smallest absolute Gasteiger partial charge is 0.330 e. The van der Waals surface area contributed by atoms with Crippen molar-refractivity contribution in [3.05, 3.63) is 6.33 Å². The second-order valence-corrected chi connectivity index (χ2v) is 10.8. The summed E-state index contributed by atoms with van der Waals surface area (Å²) >= 11 is 18.2. The molecule has 0 bridgehead atoms. The van der Waals surface area contributed by atoms with E-state index in [1.807, 2.05) is 13.8 Å². The molecule has 2 amide bonds. The minimum Gasteiger partial charge on any atom is -0.460 e. The van der Waals surface area contributed by atoms with Crippen molar-refractivity contribution in [3.63, 3.8) is 0 Å². The van der Waals surface area contributed by atoms with E-state index in [9.17, 15) is 14.4 Å². The molecule has 3 unspecified atom stereocenters. The van der Waals surface area contributed by atoms with E-state index in [2.05, 4.69) is 20.8 Å². The van der Waals surface area contributed by atoms with E-state index in [-0.39, 0.29) is 12.5 Å². The zero-order chi connectivity index (χ0) is 20.0. The average molecular weight is 458 g/mol. The number of alkyl halides is 3. The van der Waals surface area contributed by atoms with Gasteiger partial charge in [-0.15, -0.1) is 16.9 Å². The molecule has 0 radical (unpaired) electrons. The number of tetrazole rings is 1. The molecule has 0 spiro atoms. The molecule has 27 heavy (non-hydrogen) atoms. The molecular formula is C13H15Cl3N6O4S. The highest BCUT2D eigenvalue weighted by Gasteiger charge is 2.64. The number of hydrogen-bond acceptors (Lipinski definition) is 8. The Balaban J connectivity index is 1.64. The normalized spacial score (nSPS) is 26.3. The lowest BCUT2D eigenvalue weighted by Crippen LogP contribution is -2.71. The highest BCUT2D eigenvalue weighted by atomic mass is 35.6. The number of thioether (sulfide) groups is 1. The first-order valence-electron chi connectivity index (χ1n) is 7.73. The first kappa shape index (κ1) is 20.4. The Labute approximate surface area is 173 Å². The van der Waals surface area contributed by atoms with E-state index in [0.29, 0.717) is 0 Å². The summed E-state index contributed by atoms with van der Waals surface area (Å²) in [5, 5.41) is 12.7. The fourth-order valence-corrected chi connectivity index (χ4v) is 4.76. The van der Waals surface area contributed by atoms with Gasteiger partial charge in [-0.3, -0.25) is 9.59 Å². The molecular weight excluding hydrogens is 443 g/mol. The Kier molecular flexibility index (Phi) is 5.50. The molecule has 10 nitrogen and oxygen atoms in total. The van der Waals surface area contributed by atoms with E-state index in [0.717, 1.165) is 0 Å². The number of hydrogen-bond donors (Lipinski definition) is 1. The average Bonchev–Trinajstić information content (AvgIpc) is 3.13. The fraction of sp³-hybridized carbons (Fsp3) is 0.692. The number of fused-ring (bicyclic) bond motifs is 1. The number of rotatable bonds is 5. The summed E-state index contributed by atoms with van der Waals surface area (Å²) in [6, 6.07) is -1.59. The number of ether oxygens (including phenoxy) is 1. The Bertz CT molecular complexity index is 756. The maximum atomic E-state index is 12.5. The molecule has 14 heteroatoms. The molecule has 2 saturated heterocycles. The lowest BCUT2D eigenvalue weighted by Gasteiger charge is -2.43. The van der Waals surface area contributed by atoms with Crippen molar-refractivity contribution in [1.29, 1.82) is 0 Å². The quantitative estimate of drug-likeness (QED) is 0.376. The van der Waals surface area contributed by atoms with Crippen molar-refractivity contribution >= 4 is 64.3 Å². The second-order valence-electron chi connectivity index (χ2n) is 6.54. The van der Waals surface area contributed by atoms with Crippen LogP contribution >= 0.6 is 46.6 Å². The van der Waals surface area contributed by atoms with Gasteiger partial charge in [-0.2, -0.15) is 0 Å². The van der Waals surface area contributed by atoms with Gasteiger partial charge in [0, 0.05) is 4.75 Å². The van der Waals surface area contributed by atoms with Crippen LogP contribution in [-0.2, 0) is 25.7 Å². The van der Waals surface area contributed by atoms with E-state index >= 15 is 0 Å². The molecule has 1 aromatic heterocycles. The van der Waals surface area contributed by atoms with Gasteiger partial charge < -0.3 is 15.0 Å². The van der Waals surface area contributed by atoms with Crippen LogP contribution in [-0.4, -0.2) is 75.5 Å². The maximum absolute atomic E-state index is 12.5. The van der Waals surface area contributed by atoms with Gasteiger partial charge in [0.1, 0.15) is 36.9 Å². The van der Waals surface area contributed by atoms with Crippen molar-refractivity contribution < 1.29 is 19.1 Å². The Morgan fingerprint density at radius 1 is 1.41 bits per heavy atom. The number of aromatic nitrogens is 4. The largest absolute Gasteiger partial charge is 0.460 e. The number of nitrogens with one attached hydrogen (secondary N) is 1. The Hall–Kier alpha value is -1.30. The third-order valence-electron chi connectivity index (χ3n) is 4.06. The molecule has 3 rings (SSSR count). The lowest BCUT2D eigenvalue weighted by molar-refractivity contribution is -0.164. The monoisotopic (exact) mass is 456 g/mol. The van der Waals surface area contributed by atoms with Crippen LogP contribution in [0.5, 0.6) is 0 Å². The summed E-state index contributed by atoms with van der Waals surface area (Å²) < 4.78 is 3.92. The zero-order valence-corrected chi connectivity index (χ0v) is 17.2. The van der Waals surface area contributed by atoms with Crippen molar-refractivity contribution in [2.75, 3.05) is 6.61 Å². The van der Waals surface area contributed by atoms with E-state index < -0.39 is 44.5 Å². The fourth-order valence-electron chi connectivity index (χ4n) is 2.98. The van der Waals surface area contributed by atoms with Crippen molar-refractivity contribution in [3.8, 4) is 0 Å². The van der Waals surface area contributed by atoms with E-state index in [1.54, 1.807) is 0 Å². The first-order valence-corrected chi connectivity index (χ1v) is 9.74. The summed E-state index contributed by atoms with van der Waals surface area (Å²) in [5.41, 5.74) is 0. The molecule has 0 aliphatic carbocycles. The molecule has 2 aliphatic heterocycles. The second kappa shape index (κ2) is 7.26. The molecule has 2 aliphatic rings. The van der Waals surface area contributed by atoms with Crippen LogP contribution in [0.1, 0.15) is 13.8 Å². The molecule has 3 heterocycles. The predicted molar refractivity (Wildman–Crippen MR) is 97.1 cm³/mol. The number of carbonyl (C=O) groups excluding carboxylic acids is 3. The third-order valence-corrected chi connectivity index (χ3v) is 5.95. The Morgan fingerprint density at radius 3 is 2.70 bits per heavy atom. The standard InChI is InChI=1S/C13H15Cl3N6O4S/c1-12(2)8(11(25)26-4-13(14,15)16)22-9(24)7(10(22)27-12)18-6(23)3-21-5-17-19-20-21/h5,7-8,10H,3-4H2,1-2H3,(H,18,23). The highest BCUT2D eigenvalue weighted by Crippen LogP contribution is 2.51. The summed E-state index contributed by atoms with van der Waals surface area (Å²) in [7, 11) is 0. The van der Waals surface area contributed by atoms with Crippen LogP contribution in [0.3, 0.4) is 0 Å². The minimum atomic E-state index is -1.74. The van der Waals surface area contributed by atoms with Crippen LogP contribution in [0, 0.1) is 0 Å². The van der Waals surface area contributed by atoms with Crippen LogP contribution in [0.4, 0.5) is 0 Å². The van der Waals surface area contributed by atoms with Gasteiger partial charge in [0.2, 0.25) is 15.6 Å². The number of carbonyl (C=O) groups is 3. The summed E-state index contributed by atoms with van der Waals surface area (Å²) in [6.45, 7) is 3.08. The molecule has 148 valence electrons. The van der Waals surface area contributed by atoms with Gasteiger partial charge in [-0.05, 0) is 24.3 Å². The van der Waals surface area contributed by atoms with Crippen LogP contribution in [0.2, 0.25) is 0 Å². The molecule has 0 saturated carbocycles. The maximum Gasteiger partial charge on any atom is 0.330 e. The van der Waals surface area contributed by atoms with Crippen molar-refractivity contribution in [1.82, 2.24) is 30.4 Å². The van der Waals surface area contributed by atoms with Gasteiger partial charge in [0.25, 0.3) is 0 Å². The van der Waals surface area contributed by atoms with Crippen LogP contribution in [0.25, 0.3) is 0 Å². The number of β-lactam (4-membered cyclic amide) rings is 1. The van der Waals surface area contributed by atoms with Gasteiger partial charge in [-0.1, -0.05) is 34.8 Å². The molecule has 1 N–H and O–H groups in total. The number of esters is 1. The van der Waals surface area contributed by atoms with E-state index in [1.165, 1.54) is 27.7 Å². The van der Waals surface area contributed by atoms with Gasteiger partial charge in [-0.25, -0.2) is 9.48 Å². The zero-order valence-electron chi connectivity index (χ0n) is 14.1. The van der Waals surface area contributed by atoms with Crippen molar-refractivity contribution in [2.24, 2.45) is 0 Å². The van der Waals surface area contributed by atoms with Crippen LogP contribution < -0.4 is 5.32 Å². The first-order chi connectivity index (χ1) is 12.5. The van der Waals surface area contributed by atoms with E-state index in [4.69, 9.17) is 39.5 Å². The number of halogens is 3. The summed E-state index contributed by atoms with van der Waals surface area (Å²) in [5.74, 6) is -1.45. The minimum absolute atomic E-state index is 0.119. The number of nitrogens with zero attached hydrogens (tertiary/aromatic N) is 5. The number of amides is 2. The predicted octanol–water partition coefficient (Wildman–Crippen LogP) is 0.134.